The smallest absolute Gasteiger partial charge is 0.198 e. The van der Waals surface area contributed by atoms with Gasteiger partial charge in [-0.3, -0.25) is 0 Å². The molecule has 3 N–H and O–H groups in total. The molecule has 0 amide bonds. The minimum absolute atomic E-state index is 0.0422. The van der Waals surface area contributed by atoms with E-state index in [1.165, 1.54) is 13.2 Å². The Balaban J connectivity index is 2.60. The highest BCUT2D eigenvalue weighted by Crippen LogP contribution is 2.48. The van der Waals surface area contributed by atoms with Gasteiger partial charge >= 0.3 is 0 Å². The second-order valence-electron chi connectivity index (χ2n) is 4.79. The molecule has 100 valence electrons. The summed E-state index contributed by atoms with van der Waals surface area (Å²) in [5.74, 6) is -1.10. The summed E-state index contributed by atoms with van der Waals surface area (Å²) in [5, 5.41) is 10.1. The van der Waals surface area contributed by atoms with Gasteiger partial charge in [-0.05, 0) is 18.9 Å². The first-order valence-electron chi connectivity index (χ1n) is 6.01. The molecule has 3 nitrogen and oxygen atoms in total. The molecule has 0 unspecified atom stereocenters. The Morgan fingerprint density at radius 2 is 2.11 bits per heavy atom. The van der Waals surface area contributed by atoms with Gasteiger partial charge in [0.2, 0.25) is 0 Å². The molecule has 1 fully saturated rings. The second kappa shape index (κ2) is 4.94. The summed E-state index contributed by atoms with van der Waals surface area (Å²) in [6.07, 6.45) is 3.85. The third-order valence-corrected chi connectivity index (χ3v) is 4.15. The molecule has 0 spiro atoms. The third-order valence-electron chi connectivity index (χ3n) is 3.88. The van der Waals surface area contributed by atoms with Crippen LogP contribution in [0.3, 0.4) is 0 Å². The Labute approximate surface area is 111 Å². The van der Waals surface area contributed by atoms with Gasteiger partial charge in [-0.1, -0.05) is 24.4 Å². The van der Waals surface area contributed by atoms with Crippen LogP contribution in [0.15, 0.2) is 6.07 Å². The van der Waals surface area contributed by atoms with Gasteiger partial charge in [-0.15, -0.1) is 0 Å². The van der Waals surface area contributed by atoms with E-state index >= 15 is 0 Å². The molecule has 1 saturated carbocycles. The van der Waals surface area contributed by atoms with Crippen molar-refractivity contribution in [2.75, 3.05) is 13.7 Å². The van der Waals surface area contributed by atoms with E-state index in [1.54, 1.807) is 0 Å². The zero-order valence-electron chi connectivity index (χ0n) is 10.3. The van der Waals surface area contributed by atoms with Crippen molar-refractivity contribution >= 4 is 11.6 Å². The lowest BCUT2D eigenvalue weighted by Gasteiger charge is -2.29. The van der Waals surface area contributed by atoms with E-state index in [-0.39, 0.29) is 21.9 Å². The van der Waals surface area contributed by atoms with E-state index in [1.807, 2.05) is 0 Å². The number of hydrogen-bond donors (Lipinski definition) is 2. The monoisotopic (exact) mass is 273 g/mol. The van der Waals surface area contributed by atoms with Crippen LogP contribution in [-0.2, 0) is 5.41 Å². The highest BCUT2D eigenvalue weighted by atomic mass is 35.5. The van der Waals surface area contributed by atoms with E-state index < -0.39 is 5.82 Å². The Bertz CT molecular complexity index is 459. The number of nitrogens with two attached hydrogens (primary N) is 1. The number of methoxy groups -OCH3 is 1. The molecule has 0 heterocycles. The molecule has 0 bridgehead atoms. The maximum Gasteiger partial charge on any atom is 0.198 e. The number of aromatic hydroxyl groups is 1. The molecule has 5 heteroatoms. The summed E-state index contributed by atoms with van der Waals surface area (Å²) >= 11 is 5.86. The van der Waals surface area contributed by atoms with Gasteiger partial charge in [0, 0.05) is 17.5 Å². The molecule has 0 radical (unpaired) electrons. The summed E-state index contributed by atoms with van der Waals surface area (Å²) in [5.41, 5.74) is 6.15. The van der Waals surface area contributed by atoms with Gasteiger partial charge in [0.25, 0.3) is 0 Å². The largest absolute Gasteiger partial charge is 0.504 e. The zero-order valence-corrected chi connectivity index (χ0v) is 11.1. The molecule has 0 aromatic heterocycles. The average molecular weight is 274 g/mol. The lowest BCUT2D eigenvalue weighted by Crippen LogP contribution is -2.32. The number of ether oxygens (including phenoxy) is 1. The predicted octanol–water partition coefficient (Wildman–Crippen LogP) is 2.96. The highest BCUT2D eigenvalue weighted by Gasteiger charge is 2.38. The van der Waals surface area contributed by atoms with Crippen LogP contribution in [0.2, 0.25) is 5.02 Å². The molecule has 18 heavy (non-hydrogen) atoms. The lowest BCUT2D eigenvalue weighted by atomic mass is 9.78. The summed E-state index contributed by atoms with van der Waals surface area (Å²) < 4.78 is 18.6. The first-order valence-corrected chi connectivity index (χ1v) is 6.39. The minimum atomic E-state index is -0.731. The number of benzene rings is 1. The van der Waals surface area contributed by atoms with Gasteiger partial charge in [0.1, 0.15) is 0 Å². The summed E-state index contributed by atoms with van der Waals surface area (Å²) in [6.45, 7) is 0.408. The molecule has 1 aliphatic carbocycles. The number of halogens is 2. The fraction of sp³-hybridized carbons (Fsp3) is 0.538. The normalized spacial score (nSPS) is 18.0. The van der Waals surface area contributed by atoms with Gasteiger partial charge < -0.3 is 15.6 Å². The molecule has 0 atom stereocenters. The Hall–Kier alpha value is -1.00. The van der Waals surface area contributed by atoms with Gasteiger partial charge in [0.05, 0.1) is 12.1 Å². The molecule has 0 aliphatic heterocycles. The highest BCUT2D eigenvalue weighted by molar-refractivity contribution is 6.31. The topological polar surface area (TPSA) is 55.5 Å². The van der Waals surface area contributed by atoms with E-state index in [0.717, 1.165) is 25.7 Å². The zero-order chi connectivity index (χ0) is 13.3. The summed E-state index contributed by atoms with van der Waals surface area (Å²) in [4.78, 5) is 0. The van der Waals surface area contributed by atoms with Crippen LogP contribution < -0.4 is 10.5 Å². The van der Waals surface area contributed by atoms with Gasteiger partial charge in [-0.25, -0.2) is 4.39 Å². The van der Waals surface area contributed by atoms with Crippen molar-refractivity contribution in [3.8, 4) is 11.5 Å². The van der Waals surface area contributed by atoms with Crippen molar-refractivity contribution in [1.29, 1.82) is 0 Å². The van der Waals surface area contributed by atoms with E-state index in [9.17, 15) is 9.50 Å². The van der Waals surface area contributed by atoms with Crippen LogP contribution in [0.4, 0.5) is 4.39 Å². The molecular weight excluding hydrogens is 257 g/mol. The fourth-order valence-electron chi connectivity index (χ4n) is 2.82. The van der Waals surface area contributed by atoms with Crippen molar-refractivity contribution in [1.82, 2.24) is 0 Å². The molecule has 1 aromatic carbocycles. The number of hydrogen-bond acceptors (Lipinski definition) is 3. The van der Waals surface area contributed by atoms with Crippen molar-refractivity contribution in [2.24, 2.45) is 5.73 Å². The van der Waals surface area contributed by atoms with Crippen LogP contribution in [0.1, 0.15) is 31.2 Å². The number of phenols is 1. The molecular formula is C13H17ClFNO2. The second-order valence-corrected chi connectivity index (χ2v) is 5.20. The maximum absolute atomic E-state index is 13.7. The van der Waals surface area contributed by atoms with Crippen LogP contribution in [0, 0.1) is 5.82 Å². The maximum atomic E-state index is 13.7. The van der Waals surface area contributed by atoms with Crippen LogP contribution in [0.25, 0.3) is 0 Å². The number of rotatable bonds is 3. The predicted molar refractivity (Wildman–Crippen MR) is 68.8 cm³/mol. The Morgan fingerprint density at radius 3 is 2.61 bits per heavy atom. The minimum Gasteiger partial charge on any atom is -0.504 e. The first kappa shape index (κ1) is 13.4. The third kappa shape index (κ3) is 1.93. The van der Waals surface area contributed by atoms with Gasteiger partial charge in [0.15, 0.2) is 17.3 Å². The van der Waals surface area contributed by atoms with E-state index in [2.05, 4.69) is 0 Å². The summed E-state index contributed by atoms with van der Waals surface area (Å²) in [6, 6.07) is 1.48. The average Bonchev–Trinajstić information content (AvgIpc) is 2.84. The van der Waals surface area contributed by atoms with Crippen molar-refractivity contribution in [3.63, 3.8) is 0 Å². The van der Waals surface area contributed by atoms with Crippen LogP contribution in [-0.4, -0.2) is 18.8 Å². The Morgan fingerprint density at radius 1 is 1.50 bits per heavy atom. The standard InChI is InChI=1S/C13H17ClFNO2/c1-18-12-10(15)9(14)6-8(11(12)17)13(7-16)4-2-3-5-13/h6,17H,2-5,7,16H2,1H3. The van der Waals surface area contributed by atoms with E-state index in [4.69, 9.17) is 22.1 Å². The fourth-order valence-corrected chi connectivity index (χ4v) is 3.01. The van der Waals surface area contributed by atoms with E-state index in [0.29, 0.717) is 12.1 Å². The molecule has 1 aromatic rings. The molecule has 0 saturated heterocycles. The van der Waals surface area contributed by atoms with Crippen molar-refractivity contribution < 1.29 is 14.2 Å². The Kier molecular flexibility index (Phi) is 3.69. The lowest BCUT2D eigenvalue weighted by molar-refractivity contribution is 0.337. The SMILES string of the molecule is COc1c(O)c(C2(CN)CCCC2)cc(Cl)c1F. The van der Waals surface area contributed by atoms with Crippen LogP contribution in [0.5, 0.6) is 11.5 Å². The van der Waals surface area contributed by atoms with Crippen LogP contribution >= 0.6 is 11.6 Å². The first-order chi connectivity index (χ1) is 8.55. The van der Waals surface area contributed by atoms with Gasteiger partial charge in [-0.2, -0.15) is 0 Å². The molecule has 1 aliphatic rings. The van der Waals surface area contributed by atoms with Crippen molar-refractivity contribution in [2.45, 2.75) is 31.1 Å². The quantitative estimate of drug-likeness (QED) is 0.890. The van der Waals surface area contributed by atoms with Crippen molar-refractivity contribution in [3.05, 3.63) is 22.5 Å². The molecule has 2 rings (SSSR count). The summed E-state index contributed by atoms with van der Waals surface area (Å²) in [7, 11) is 1.31. The number of phenolic OH excluding ortho intramolecular Hbond substituents is 1.